The second-order valence-electron chi connectivity index (χ2n) is 5.67. The average Bonchev–Trinajstić information content (AvgIpc) is 2.83. The maximum Gasteiger partial charge on any atom is 0.228 e. The SMILES string of the molecule is CC1OC(C)C(C(=O)N(C)[C@@H]2CNC[C@H]2O)C1C. The lowest BCUT2D eigenvalue weighted by atomic mass is 9.88. The Morgan fingerprint density at radius 1 is 1.28 bits per heavy atom. The van der Waals surface area contributed by atoms with Crippen molar-refractivity contribution in [2.45, 2.75) is 45.1 Å². The molecule has 0 aliphatic carbocycles. The molecule has 2 aliphatic rings. The van der Waals surface area contributed by atoms with Crippen LogP contribution in [0.1, 0.15) is 20.8 Å². The Bertz CT molecular complexity index is 323. The van der Waals surface area contributed by atoms with Crippen LogP contribution in [0.3, 0.4) is 0 Å². The van der Waals surface area contributed by atoms with Crippen LogP contribution in [0.4, 0.5) is 0 Å². The number of hydrogen-bond donors (Lipinski definition) is 2. The molecular weight excluding hydrogens is 232 g/mol. The highest BCUT2D eigenvalue weighted by molar-refractivity contribution is 5.80. The van der Waals surface area contributed by atoms with Crippen molar-refractivity contribution in [1.82, 2.24) is 10.2 Å². The van der Waals surface area contributed by atoms with E-state index in [9.17, 15) is 9.90 Å². The topological polar surface area (TPSA) is 61.8 Å². The number of rotatable bonds is 2. The van der Waals surface area contributed by atoms with E-state index in [0.29, 0.717) is 13.1 Å². The molecule has 2 fully saturated rings. The van der Waals surface area contributed by atoms with Crippen LogP contribution in [0, 0.1) is 11.8 Å². The number of nitrogens with one attached hydrogen (secondary N) is 1. The van der Waals surface area contributed by atoms with Gasteiger partial charge in [-0.05, 0) is 19.8 Å². The number of β-amino-alcohol motifs (C(OH)–C–C–N with tert-alkyl or cyclic N) is 1. The van der Waals surface area contributed by atoms with Gasteiger partial charge in [-0.2, -0.15) is 0 Å². The third-order valence-corrected chi connectivity index (χ3v) is 4.52. The molecule has 104 valence electrons. The summed E-state index contributed by atoms with van der Waals surface area (Å²) < 4.78 is 5.72. The lowest BCUT2D eigenvalue weighted by Crippen LogP contribution is -2.48. The molecule has 18 heavy (non-hydrogen) atoms. The Balaban J connectivity index is 2.06. The molecule has 5 nitrogen and oxygen atoms in total. The lowest BCUT2D eigenvalue weighted by Gasteiger charge is -2.31. The number of likely N-dealkylation sites (N-methyl/N-ethyl adjacent to an activating group) is 1. The number of hydrogen-bond acceptors (Lipinski definition) is 4. The van der Waals surface area contributed by atoms with Gasteiger partial charge in [0.1, 0.15) is 0 Å². The summed E-state index contributed by atoms with van der Waals surface area (Å²) in [6.07, 6.45) is -0.394. The Kier molecular flexibility index (Phi) is 3.94. The zero-order chi connectivity index (χ0) is 13.4. The zero-order valence-electron chi connectivity index (χ0n) is 11.6. The molecule has 2 aliphatic heterocycles. The number of ether oxygens (including phenoxy) is 1. The van der Waals surface area contributed by atoms with Crippen LogP contribution < -0.4 is 5.32 Å². The number of carbonyl (C=O) groups is 1. The Morgan fingerprint density at radius 3 is 2.39 bits per heavy atom. The van der Waals surface area contributed by atoms with Crippen LogP contribution in [-0.2, 0) is 9.53 Å². The Hall–Kier alpha value is -0.650. The summed E-state index contributed by atoms with van der Waals surface area (Å²) in [5, 5.41) is 13.0. The minimum absolute atomic E-state index is 0.0449. The second kappa shape index (κ2) is 5.15. The van der Waals surface area contributed by atoms with Crippen molar-refractivity contribution < 1.29 is 14.6 Å². The van der Waals surface area contributed by atoms with E-state index in [0.717, 1.165) is 0 Å². The number of aliphatic hydroxyl groups excluding tert-OH is 1. The van der Waals surface area contributed by atoms with E-state index in [1.165, 1.54) is 0 Å². The third kappa shape index (κ3) is 2.27. The summed E-state index contributed by atoms with van der Waals surface area (Å²) >= 11 is 0. The highest BCUT2D eigenvalue weighted by atomic mass is 16.5. The van der Waals surface area contributed by atoms with E-state index in [-0.39, 0.29) is 36.0 Å². The monoisotopic (exact) mass is 256 g/mol. The fraction of sp³-hybridized carbons (Fsp3) is 0.923. The van der Waals surface area contributed by atoms with Crippen molar-refractivity contribution in [3.8, 4) is 0 Å². The van der Waals surface area contributed by atoms with Crippen molar-refractivity contribution in [1.29, 1.82) is 0 Å². The maximum atomic E-state index is 12.6. The van der Waals surface area contributed by atoms with Gasteiger partial charge in [0.25, 0.3) is 0 Å². The van der Waals surface area contributed by atoms with Gasteiger partial charge >= 0.3 is 0 Å². The van der Waals surface area contributed by atoms with Crippen LogP contribution in [0.25, 0.3) is 0 Å². The number of carbonyl (C=O) groups excluding carboxylic acids is 1. The molecule has 0 aromatic carbocycles. The molecule has 2 rings (SSSR count). The fourth-order valence-corrected chi connectivity index (χ4v) is 3.14. The van der Waals surface area contributed by atoms with Crippen molar-refractivity contribution in [3.05, 3.63) is 0 Å². The first-order valence-corrected chi connectivity index (χ1v) is 6.74. The van der Waals surface area contributed by atoms with E-state index >= 15 is 0 Å². The van der Waals surface area contributed by atoms with Crippen LogP contribution in [0.2, 0.25) is 0 Å². The first-order chi connectivity index (χ1) is 8.43. The van der Waals surface area contributed by atoms with Gasteiger partial charge in [-0.3, -0.25) is 4.79 Å². The molecule has 2 heterocycles. The molecule has 0 aromatic rings. The molecule has 0 radical (unpaired) electrons. The molecular formula is C13H24N2O3. The van der Waals surface area contributed by atoms with E-state index in [1.807, 2.05) is 13.8 Å². The average molecular weight is 256 g/mol. The number of nitrogens with zero attached hydrogens (tertiary/aromatic N) is 1. The van der Waals surface area contributed by atoms with E-state index in [4.69, 9.17) is 4.74 Å². The van der Waals surface area contributed by atoms with E-state index in [1.54, 1.807) is 11.9 Å². The normalized spacial score (nSPS) is 44.3. The third-order valence-electron chi connectivity index (χ3n) is 4.52. The molecule has 1 amide bonds. The van der Waals surface area contributed by atoms with Gasteiger partial charge in [0, 0.05) is 20.1 Å². The van der Waals surface area contributed by atoms with Crippen LogP contribution >= 0.6 is 0 Å². The molecule has 4 unspecified atom stereocenters. The summed E-state index contributed by atoms with van der Waals surface area (Å²) in [5.41, 5.74) is 0. The van der Waals surface area contributed by atoms with Gasteiger partial charge in [-0.25, -0.2) is 0 Å². The minimum atomic E-state index is -0.468. The molecule has 6 atom stereocenters. The van der Waals surface area contributed by atoms with Crippen molar-refractivity contribution in [2.75, 3.05) is 20.1 Å². The molecule has 0 bridgehead atoms. The van der Waals surface area contributed by atoms with E-state index < -0.39 is 6.10 Å². The molecule has 0 aromatic heterocycles. The smallest absolute Gasteiger partial charge is 0.228 e. The fourth-order valence-electron chi connectivity index (χ4n) is 3.14. The first kappa shape index (κ1) is 13.8. The summed E-state index contributed by atoms with van der Waals surface area (Å²) in [7, 11) is 1.78. The van der Waals surface area contributed by atoms with Gasteiger partial charge in [0.15, 0.2) is 0 Å². The quantitative estimate of drug-likeness (QED) is 0.720. The van der Waals surface area contributed by atoms with Crippen LogP contribution in [-0.4, -0.2) is 60.4 Å². The Labute approximate surface area is 108 Å². The minimum Gasteiger partial charge on any atom is -0.390 e. The molecule has 0 saturated carbocycles. The standard InChI is InChI=1S/C13H24N2O3/c1-7-8(2)18-9(3)12(7)13(17)15(4)10-5-14-6-11(10)16/h7-12,14,16H,5-6H2,1-4H3/t7?,8?,9?,10-,11-,12?/m1/s1. The summed E-state index contributed by atoms with van der Waals surface area (Å²) in [5.74, 6) is 0.214. The largest absolute Gasteiger partial charge is 0.390 e. The second-order valence-corrected chi connectivity index (χ2v) is 5.67. The predicted octanol–water partition coefficient (Wildman–Crippen LogP) is -0.163. The number of aliphatic hydroxyl groups is 1. The Morgan fingerprint density at radius 2 is 1.94 bits per heavy atom. The van der Waals surface area contributed by atoms with Gasteiger partial charge in [0.05, 0.1) is 30.3 Å². The zero-order valence-corrected chi connectivity index (χ0v) is 11.6. The molecule has 2 N–H and O–H groups in total. The lowest BCUT2D eigenvalue weighted by molar-refractivity contribution is -0.140. The molecule has 5 heteroatoms. The van der Waals surface area contributed by atoms with E-state index in [2.05, 4.69) is 12.2 Å². The van der Waals surface area contributed by atoms with Crippen LogP contribution in [0.15, 0.2) is 0 Å². The molecule has 2 saturated heterocycles. The van der Waals surface area contributed by atoms with Crippen molar-refractivity contribution in [2.24, 2.45) is 11.8 Å². The van der Waals surface area contributed by atoms with Crippen LogP contribution in [0.5, 0.6) is 0 Å². The van der Waals surface area contributed by atoms with Gasteiger partial charge < -0.3 is 20.1 Å². The van der Waals surface area contributed by atoms with Crippen molar-refractivity contribution in [3.63, 3.8) is 0 Å². The van der Waals surface area contributed by atoms with Crippen molar-refractivity contribution >= 4 is 5.91 Å². The first-order valence-electron chi connectivity index (χ1n) is 6.74. The highest BCUT2D eigenvalue weighted by Gasteiger charge is 2.44. The summed E-state index contributed by atoms with van der Waals surface area (Å²) in [6.45, 7) is 7.26. The number of amides is 1. The van der Waals surface area contributed by atoms with Gasteiger partial charge in [-0.15, -0.1) is 0 Å². The van der Waals surface area contributed by atoms with Gasteiger partial charge in [-0.1, -0.05) is 6.92 Å². The summed E-state index contributed by atoms with van der Waals surface area (Å²) in [6, 6.07) is -0.118. The molecule has 0 spiro atoms. The predicted molar refractivity (Wildman–Crippen MR) is 68.1 cm³/mol. The summed E-state index contributed by atoms with van der Waals surface area (Å²) in [4.78, 5) is 14.2. The maximum absolute atomic E-state index is 12.6. The highest BCUT2D eigenvalue weighted by Crippen LogP contribution is 2.33. The van der Waals surface area contributed by atoms with Gasteiger partial charge in [0.2, 0.25) is 5.91 Å².